The minimum Gasteiger partial charge on any atom is -0.507 e. The highest BCUT2D eigenvalue weighted by Crippen LogP contribution is 2.22. The van der Waals surface area contributed by atoms with Gasteiger partial charge in [-0.05, 0) is 36.8 Å². The van der Waals surface area contributed by atoms with E-state index in [2.05, 4.69) is 10.6 Å². The largest absolute Gasteiger partial charge is 0.507 e. The average Bonchev–Trinajstić information content (AvgIpc) is 2.63. The van der Waals surface area contributed by atoms with Gasteiger partial charge in [0.2, 0.25) is 0 Å². The van der Waals surface area contributed by atoms with Crippen molar-refractivity contribution < 1.29 is 19.8 Å². The van der Waals surface area contributed by atoms with Crippen LogP contribution in [0.15, 0.2) is 36.4 Å². The number of aromatic hydroxyl groups is 2. The minimum absolute atomic E-state index is 0.0255. The Bertz CT molecular complexity index is 776. The summed E-state index contributed by atoms with van der Waals surface area (Å²) in [5.41, 5.74) is 7.27. The molecule has 2 aromatic rings. The quantitative estimate of drug-likeness (QED) is 0.239. The summed E-state index contributed by atoms with van der Waals surface area (Å²) >= 11 is 0. The van der Waals surface area contributed by atoms with E-state index in [1.165, 1.54) is 12.1 Å². The molecule has 2 rings (SSSR count). The standard InChI is InChI=1S/C19H23N3O4S2/c1-12-2-4-14(16(23)10-12)18(25)21-6-8-27-28-9-7-22-19(26)15-5-3-13(20)11-17(15)24/h2-5,10-11,23-24H,6-9,20H2,1H3,(H,21,25)(H,22,26). The van der Waals surface area contributed by atoms with E-state index in [1.807, 2.05) is 6.92 Å². The minimum atomic E-state index is -0.353. The van der Waals surface area contributed by atoms with Gasteiger partial charge in [0.1, 0.15) is 11.5 Å². The molecule has 0 atom stereocenters. The van der Waals surface area contributed by atoms with E-state index >= 15 is 0 Å². The van der Waals surface area contributed by atoms with E-state index in [9.17, 15) is 19.8 Å². The molecule has 0 bridgehead atoms. The number of benzene rings is 2. The van der Waals surface area contributed by atoms with Crippen molar-refractivity contribution in [3.05, 3.63) is 53.1 Å². The van der Waals surface area contributed by atoms with E-state index in [-0.39, 0.29) is 34.4 Å². The molecule has 2 aromatic carbocycles. The number of phenolic OH excluding ortho intramolecular Hbond substituents is 2. The van der Waals surface area contributed by atoms with Gasteiger partial charge in [-0.15, -0.1) is 0 Å². The zero-order valence-corrected chi connectivity index (χ0v) is 17.0. The van der Waals surface area contributed by atoms with Crippen molar-refractivity contribution in [3.63, 3.8) is 0 Å². The molecule has 0 aliphatic heterocycles. The number of aryl methyl sites for hydroxylation is 1. The molecule has 0 spiro atoms. The molecule has 0 heterocycles. The Hall–Kier alpha value is -2.52. The molecule has 0 aromatic heterocycles. The van der Waals surface area contributed by atoms with Crippen molar-refractivity contribution in [2.75, 3.05) is 30.3 Å². The Morgan fingerprint density at radius 1 is 0.893 bits per heavy atom. The molecule has 0 radical (unpaired) electrons. The highest BCUT2D eigenvalue weighted by atomic mass is 33.1. The fourth-order valence-corrected chi connectivity index (χ4v) is 4.11. The van der Waals surface area contributed by atoms with Crippen LogP contribution in [0.25, 0.3) is 0 Å². The number of carbonyl (C=O) groups excluding carboxylic acids is 2. The fourth-order valence-electron chi connectivity index (χ4n) is 2.30. The van der Waals surface area contributed by atoms with Crippen LogP contribution in [-0.4, -0.2) is 46.6 Å². The summed E-state index contributed by atoms with van der Waals surface area (Å²) in [7, 11) is 3.14. The van der Waals surface area contributed by atoms with E-state index in [0.29, 0.717) is 30.3 Å². The molecule has 0 fully saturated rings. The number of hydrogen-bond acceptors (Lipinski definition) is 7. The smallest absolute Gasteiger partial charge is 0.255 e. The van der Waals surface area contributed by atoms with Crippen molar-refractivity contribution in [1.29, 1.82) is 0 Å². The van der Waals surface area contributed by atoms with Crippen molar-refractivity contribution in [2.24, 2.45) is 0 Å². The fraction of sp³-hybridized carbons (Fsp3) is 0.263. The van der Waals surface area contributed by atoms with Gasteiger partial charge in [-0.25, -0.2) is 0 Å². The first-order valence-corrected chi connectivity index (χ1v) is 11.1. The molecule has 2 amide bonds. The number of hydrogen-bond donors (Lipinski definition) is 5. The second kappa shape index (κ2) is 10.7. The van der Waals surface area contributed by atoms with Crippen LogP contribution in [0.2, 0.25) is 0 Å². The molecule has 7 nitrogen and oxygen atoms in total. The Labute approximate surface area is 171 Å². The third kappa shape index (κ3) is 6.58. The predicted molar refractivity (Wildman–Crippen MR) is 115 cm³/mol. The summed E-state index contributed by atoms with van der Waals surface area (Å²) in [5, 5.41) is 25.0. The number of phenols is 2. The summed E-state index contributed by atoms with van der Waals surface area (Å²) in [6.45, 7) is 2.76. The summed E-state index contributed by atoms with van der Waals surface area (Å²) in [5.74, 6) is 0.540. The maximum Gasteiger partial charge on any atom is 0.255 e. The number of carbonyl (C=O) groups is 2. The van der Waals surface area contributed by atoms with Gasteiger partial charge in [0.25, 0.3) is 11.8 Å². The van der Waals surface area contributed by atoms with Gasteiger partial charge in [0.05, 0.1) is 11.1 Å². The lowest BCUT2D eigenvalue weighted by Crippen LogP contribution is -2.26. The van der Waals surface area contributed by atoms with E-state index in [4.69, 9.17) is 5.73 Å². The summed E-state index contributed by atoms with van der Waals surface area (Å²) in [6.07, 6.45) is 0. The molecule has 28 heavy (non-hydrogen) atoms. The van der Waals surface area contributed by atoms with Crippen molar-refractivity contribution in [1.82, 2.24) is 10.6 Å². The predicted octanol–water partition coefficient (Wildman–Crippen LogP) is 2.53. The first kappa shape index (κ1) is 21.8. The van der Waals surface area contributed by atoms with Crippen LogP contribution in [-0.2, 0) is 0 Å². The van der Waals surface area contributed by atoms with Crippen LogP contribution in [0, 0.1) is 6.92 Å². The lowest BCUT2D eigenvalue weighted by atomic mass is 10.1. The van der Waals surface area contributed by atoms with Crippen molar-refractivity contribution in [2.45, 2.75) is 6.92 Å². The number of anilines is 1. The van der Waals surface area contributed by atoms with Gasteiger partial charge in [0.15, 0.2) is 0 Å². The monoisotopic (exact) mass is 421 g/mol. The van der Waals surface area contributed by atoms with E-state index in [1.54, 1.807) is 45.9 Å². The normalized spacial score (nSPS) is 10.5. The number of nitrogens with one attached hydrogen (secondary N) is 2. The van der Waals surface area contributed by atoms with Crippen molar-refractivity contribution >= 4 is 39.1 Å². The van der Waals surface area contributed by atoms with Crippen LogP contribution in [0.3, 0.4) is 0 Å². The van der Waals surface area contributed by atoms with Crippen LogP contribution >= 0.6 is 21.6 Å². The van der Waals surface area contributed by atoms with Gasteiger partial charge in [-0.2, -0.15) is 0 Å². The highest BCUT2D eigenvalue weighted by molar-refractivity contribution is 8.76. The first-order valence-electron chi connectivity index (χ1n) is 8.57. The lowest BCUT2D eigenvalue weighted by molar-refractivity contribution is 0.0945. The molecule has 150 valence electrons. The third-order valence-electron chi connectivity index (χ3n) is 3.69. The molecular weight excluding hydrogens is 398 g/mol. The molecule has 0 aliphatic carbocycles. The Kier molecular flexibility index (Phi) is 8.34. The molecule has 6 N–H and O–H groups in total. The zero-order chi connectivity index (χ0) is 20.5. The second-order valence-corrected chi connectivity index (χ2v) is 8.66. The number of amides is 2. The molecule has 0 unspecified atom stereocenters. The molecule has 0 saturated heterocycles. The number of nitrogens with two attached hydrogens (primary N) is 1. The maximum atomic E-state index is 12.0. The van der Waals surface area contributed by atoms with Crippen LogP contribution in [0.4, 0.5) is 5.69 Å². The Morgan fingerprint density at radius 3 is 1.89 bits per heavy atom. The highest BCUT2D eigenvalue weighted by Gasteiger charge is 2.11. The van der Waals surface area contributed by atoms with Crippen molar-refractivity contribution in [3.8, 4) is 11.5 Å². The van der Waals surface area contributed by atoms with E-state index < -0.39 is 0 Å². The first-order chi connectivity index (χ1) is 13.4. The third-order valence-corrected chi connectivity index (χ3v) is 6.10. The SMILES string of the molecule is Cc1ccc(C(=O)NCCSSCCNC(=O)c2ccc(N)cc2O)c(O)c1. The lowest BCUT2D eigenvalue weighted by Gasteiger charge is -2.08. The van der Waals surface area contributed by atoms with Gasteiger partial charge in [0, 0.05) is 36.3 Å². The number of nitrogen functional groups attached to an aromatic ring is 1. The average molecular weight is 422 g/mol. The van der Waals surface area contributed by atoms with Gasteiger partial charge >= 0.3 is 0 Å². The van der Waals surface area contributed by atoms with Gasteiger partial charge < -0.3 is 26.6 Å². The number of rotatable bonds is 9. The van der Waals surface area contributed by atoms with E-state index in [0.717, 1.165) is 5.56 Å². The van der Waals surface area contributed by atoms with Crippen LogP contribution in [0.1, 0.15) is 26.3 Å². The van der Waals surface area contributed by atoms with Crippen LogP contribution in [0.5, 0.6) is 11.5 Å². The Morgan fingerprint density at radius 2 is 1.39 bits per heavy atom. The summed E-state index contributed by atoms with van der Waals surface area (Å²) < 4.78 is 0. The van der Waals surface area contributed by atoms with Gasteiger partial charge in [-0.3, -0.25) is 9.59 Å². The maximum absolute atomic E-state index is 12.0. The molecular formula is C19H23N3O4S2. The van der Waals surface area contributed by atoms with Crippen LogP contribution < -0.4 is 16.4 Å². The zero-order valence-electron chi connectivity index (χ0n) is 15.4. The molecule has 9 heteroatoms. The Balaban J connectivity index is 1.58. The molecule has 0 saturated carbocycles. The molecule has 0 aliphatic rings. The topological polar surface area (TPSA) is 125 Å². The summed E-state index contributed by atoms with van der Waals surface area (Å²) in [6, 6.07) is 9.31. The summed E-state index contributed by atoms with van der Waals surface area (Å²) in [4.78, 5) is 24.0. The van der Waals surface area contributed by atoms with Gasteiger partial charge in [-0.1, -0.05) is 27.7 Å². The second-order valence-electron chi connectivity index (χ2n) is 5.95.